The van der Waals surface area contributed by atoms with Gasteiger partial charge in [-0.3, -0.25) is 9.20 Å². The standard InChI is InChI=1S/C16H19F2N3O3S/c1-20(11-6-8-16(17,18)9-7-11)14(22)13-12-5-3-4-10-21(12)15(19-13)25(2,23)24/h3-5,10-11H,6-9H2,1-2H3. The fourth-order valence-corrected chi connectivity index (χ4v) is 3.95. The first-order valence-electron chi connectivity index (χ1n) is 7.92. The number of pyridine rings is 1. The van der Waals surface area contributed by atoms with Gasteiger partial charge < -0.3 is 4.90 Å². The molecule has 1 aliphatic carbocycles. The van der Waals surface area contributed by atoms with E-state index in [-0.39, 0.29) is 42.6 Å². The summed E-state index contributed by atoms with van der Waals surface area (Å²) in [7, 11) is -2.08. The molecule has 25 heavy (non-hydrogen) atoms. The summed E-state index contributed by atoms with van der Waals surface area (Å²) < 4.78 is 51.9. The second-order valence-corrected chi connectivity index (χ2v) is 8.38. The highest BCUT2D eigenvalue weighted by Gasteiger charge is 2.38. The molecule has 3 rings (SSSR count). The van der Waals surface area contributed by atoms with Crippen molar-refractivity contribution in [3.05, 3.63) is 30.1 Å². The summed E-state index contributed by atoms with van der Waals surface area (Å²) in [4.78, 5) is 18.3. The molecule has 0 saturated heterocycles. The van der Waals surface area contributed by atoms with E-state index in [1.807, 2.05) is 0 Å². The maximum Gasteiger partial charge on any atom is 0.274 e. The molecule has 0 spiro atoms. The second-order valence-electron chi connectivity index (χ2n) is 6.47. The highest BCUT2D eigenvalue weighted by molar-refractivity contribution is 7.90. The number of hydrogen-bond donors (Lipinski definition) is 0. The fraction of sp³-hybridized carbons (Fsp3) is 0.500. The molecule has 0 unspecified atom stereocenters. The Hall–Kier alpha value is -2.03. The minimum absolute atomic E-state index is 0.0147. The number of imidazole rings is 1. The van der Waals surface area contributed by atoms with E-state index >= 15 is 0 Å². The topological polar surface area (TPSA) is 71.8 Å². The molecular formula is C16H19F2N3O3S. The van der Waals surface area contributed by atoms with Gasteiger partial charge in [-0.25, -0.2) is 22.2 Å². The zero-order chi connectivity index (χ0) is 18.4. The summed E-state index contributed by atoms with van der Waals surface area (Å²) in [6.45, 7) is 0. The molecule has 0 N–H and O–H groups in total. The van der Waals surface area contributed by atoms with Gasteiger partial charge in [0.05, 0.1) is 5.52 Å². The van der Waals surface area contributed by atoms with Gasteiger partial charge in [-0.15, -0.1) is 0 Å². The third kappa shape index (κ3) is 3.37. The van der Waals surface area contributed by atoms with Gasteiger partial charge in [0.15, 0.2) is 5.69 Å². The van der Waals surface area contributed by atoms with E-state index in [0.717, 1.165) is 6.26 Å². The summed E-state index contributed by atoms with van der Waals surface area (Å²) in [6, 6.07) is 4.62. The number of alkyl halides is 2. The molecule has 2 heterocycles. The van der Waals surface area contributed by atoms with E-state index in [9.17, 15) is 22.0 Å². The monoisotopic (exact) mass is 371 g/mol. The summed E-state index contributed by atoms with van der Waals surface area (Å²) >= 11 is 0. The molecule has 1 fully saturated rings. The van der Waals surface area contributed by atoms with Crippen LogP contribution in [0.3, 0.4) is 0 Å². The zero-order valence-corrected chi connectivity index (χ0v) is 14.8. The normalized spacial score (nSPS) is 18.4. The second kappa shape index (κ2) is 6.05. The first-order chi connectivity index (χ1) is 11.6. The predicted octanol–water partition coefficient (Wildman–Crippen LogP) is 2.39. The van der Waals surface area contributed by atoms with Gasteiger partial charge in [-0.1, -0.05) is 6.07 Å². The smallest absolute Gasteiger partial charge is 0.274 e. The largest absolute Gasteiger partial charge is 0.337 e. The van der Waals surface area contributed by atoms with Gasteiger partial charge in [0.1, 0.15) is 0 Å². The Kier molecular flexibility index (Phi) is 4.30. The highest BCUT2D eigenvalue weighted by Crippen LogP contribution is 2.35. The van der Waals surface area contributed by atoms with Crippen molar-refractivity contribution in [2.45, 2.75) is 42.8 Å². The number of fused-ring (bicyclic) bond motifs is 1. The molecule has 1 aliphatic rings. The lowest BCUT2D eigenvalue weighted by molar-refractivity contribution is -0.0490. The van der Waals surface area contributed by atoms with Crippen LogP contribution in [0.25, 0.3) is 5.52 Å². The van der Waals surface area contributed by atoms with Crippen LogP contribution < -0.4 is 0 Å². The Labute approximate surface area is 144 Å². The van der Waals surface area contributed by atoms with Crippen LogP contribution in [-0.4, -0.2) is 53.9 Å². The van der Waals surface area contributed by atoms with Gasteiger partial charge >= 0.3 is 0 Å². The molecule has 0 aliphatic heterocycles. The predicted molar refractivity (Wildman–Crippen MR) is 87.6 cm³/mol. The number of sulfone groups is 1. The van der Waals surface area contributed by atoms with Crippen LogP contribution in [0, 0.1) is 0 Å². The number of halogens is 2. The third-order valence-corrected chi connectivity index (χ3v) is 5.56. The van der Waals surface area contributed by atoms with Crippen LogP contribution in [0.2, 0.25) is 0 Å². The molecule has 2 aromatic heterocycles. The Morgan fingerprint density at radius 1 is 1.32 bits per heavy atom. The summed E-state index contributed by atoms with van der Waals surface area (Å²) in [5.41, 5.74) is 0.391. The van der Waals surface area contributed by atoms with E-state index in [0.29, 0.717) is 5.52 Å². The Balaban J connectivity index is 1.95. The Bertz CT molecular complexity index is 914. The molecule has 0 atom stereocenters. The highest BCUT2D eigenvalue weighted by atomic mass is 32.2. The SMILES string of the molecule is CN(C(=O)c1nc(S(C)(=O)=O)n2ccccc12)C1CCC(F)(F)CC1. The number of hydrogen-bond acceptors (Lipinski definition) is 4. The Morgan fingerprint density at radius 3 is 2.56 bits per heavy atom. The molecule has 0 radical (unpaired) electrons. The average Bonchev–Trinajstić information content (AvgIpc) is 2.93. The van der Waals surface area contributed by atoms with Crippen molar-refractivity contribution >= 4 is 21.3 Å². The zero-order valence-electron chi connectivity index (χ0n) is 13.9. The van der Waals surface area contributed by atoms with Crippen LogP contribution in [0.4, 0.5) is 8.78 Å². The molecule has 0 aromatic carbocycles. The van der Waals surface area contributed by atoms with Gasteiger partial charge in [-0.05, 0) is 25.0 Å². The number of aromatic nitrogens is 2. The van der Waals surface area contributed by atoms with Gasteiger partial charge in [0, 0.05) is 38.4 Å². The molecule has 1 amide bonds. The first-order valence-corrected chi connectivity index (χ1v) is 9.81. The van der Waals surface area contributed by atoms with Crippen molar-refractivity contribution in [2.75, 3.05) is 13.3 Å². The lowest BCUT2D eigenvalue weighted by Crippen LogP contribution is -2.42. The van der Waals surface area contributed by atoms with Crippen molar-refractivity contribution in [1.29, 1.82) is 0 Å². The quantitative estimate of drug-likeness (QED) is 0.831. The summed E-state index contributed by atoms with van der Waals surface area (Å²) in [6.07, 6.45) is 2.45. The van der Waals surface area contributed by atoms with Gasteiger partial charge in [0.25, 0.3) is 5.91 Å². The molecule has 6 nitrogen and oxygen atoms in total. The molecule has 1 saturated carbocycles. The van der Waals surface area contributed by atoms with Gasteiger partial charge in [0.2, 0.25) is 20.9 Å². The van der Waals surface area contributed by atoms with Crippen LogP contribution in [0.15, 0.2) is 29.6 Å². The van der Waals surface area contributed by atoms with E-state index in [1.165, 1.54) is 15.5 Å². The molecule has 9 heteroatoms. The van der Waals surface area contributed by atoms with Crippen LogP contribution in [-0.2, 0) is 9.84 Å². The van der Waals surface area contributed by atoms with Crippen molar-refractivity contribution in [3.63, 3.8) is 0 Å². The maximum atomic E-state index is 13.3. The molecule has 136 valence electrons. The summed E-state index contributed by atoms with van der Waals surface area (Å²) in [5, 5.41) is -0.213. The first kappa shape index (κ1) is 17.8. The molecular weight excluding hydrogens is 352 g/mol. The van der Waals surface area contributed by atoms with Crippen molar-refractivity contribution in [3.8, 4) is 0 Å². The lowest BCUT2D eigenvalue weighted by Gasteiger charge is -2.34. The molecule has 2 aromatic rings. The van der Waals surface area contributed by atoms with Crippen LogP contribution in [0.1, 0.15) is 36.2 Å². The maximum absolute atomic E-state index is 13.3. The number of amides is 1. The van der Waals surface area contributed by atoms with E-state index in [4.69, 9.17) is 0 Å². The number of carbonyl (C=O) groups is 1. The van der Waals surface area contributed by atoms with Gasteiger partial charge in [-0.2, -0.15) is 0 Å². The van der Waals surface area contributed by atoms with E-state index in [2.05, 4.69) is 4.98 Å². The average molecular weight is 371 g/mol. The van der Waals surface area contributed by atoms with Crippen LogP contribution >= 0.6 is 0 Å². The van der Waals surface area contributed by atoms with E-state index < -0.39 is 21.7 Å². The lowest BCUT2D eigenvalue weighted by atomic mass is 9.91. The van der Waals surface area contributed by atoms with Crippen molar-refractivity contribution in [2.24, 2.45) is 0 Å². The minimum Gasteiger partial charge on any atom is -0.337 e. The molecule has 0 bridgehead atoms. The number of nitrogens with zero attached hydrogens (tertiary/aromatic N) is 3. The van der Waals surface area contributed by atoms with Crippen LogP contribution in [0.5, 0.6) is 0 Å². The number of rotatable bonds is 3. The minimum atomic E-state index is -3.63. The summed E-state index contributed by atoms with van der Waals surface area (Å²) in [5.74, 6) is -3.14. The third-order valence-electron chi connectivity index (χ3n) is 4.60. The van der Waals surface area contributed by atoms with Crippen molar-refractivity contribution in [1.82, 2.24) is 14.3 Å². The Morgan fingerprint density at radius 2 is 1.96 bits per heavy atom. The number of carbonyl (C=O) groups excluding carboxylic acids is 1. The van der Waals surface area contributed by atoms with E-state index in [1.54, 1.807) is 25.2 Å². The fourth-order valence-electron chi connectivity index (χ4n) is 3.17. The van der Waals surface area contributed by atoms with Crippen molar-refractivity contribution < 1.29 is 22.0 Å².